The number of aromatic nitrogens is 2. The van der Waals surface area contributed by atoms with E-state index in [9.17, 15) is 13.6 Å². The van der Waals surface area contributed by atoms with E-state index in [2.05, 4.69) is 15.2 Å². The first-order valence-corrected chi connectivity index (χ1v) is 8.97. The fourth-order valence-electron chi connectivity index (χ4n) is 2.71. The van der Waals surface area contributed by atoms with Gasteiger partial charge in [0.25, 0.3) is 5.91 Å². The Morgan fingerprint density at radius 2 is 1.97 bits per heavy atom. The van der Waals surface area contributed by atoms with Crippen molar-refractivity contribution in [3.63, 3.8) is 0 Å². The number of hydrogen-bond donors (Lipinski definition) is 1. The molecule has 3 rings (SSSR count). The molecular formula is C20H18ClF2N3O3. The number of amides is 1. The number of methoxy groups -OCH3 is 1. The molecule has 2 aromatic carbocycles. The van der Waals surface area contributed by atoms with Crippen LogP contribution in [0.25, 0.3) is 0 Å². The van der Waals surface area contributed by atoms with Crippen molar-refractivity contribution in [3.8, 4) is 11.5 Å². The van der Waals surface area contributed by atoms with Gasteiger partial charge in [-0.3, -0.25) is 9.48 Å². The van der Waals surface area contributed by atoms with Crippen LogP contribution in [0.2, 0.25) is 5.02 Å². The highest BCUT2D eigenvalue weighted by Crippen LogP contribution is 2.29. The lowest BCUT2D eigenvalue weighted by Gasteiger charge is -2.11. The van der Waals surface area contributed by atoms with Crippen LogP contribution in [0.4, 0.5) is 14.6 Å². The van der Waals surface area contributed by atoms with Crippen LogP contribution in [-0.2, 0) is 6.54 Å². The van der Waals surface area contributed by atoms with Gasteiger partial charge in [0.15, 0.2) is 17.3 Å². The van der Waals surface area contributed by atoms with Crippen LogP contribution in [0.3, 0.4) is 0 Å². The number of anilines is 1. The zero-order valence-corrected chi connectivity index (χ0v) is 16.4. The van der Waals surface area contributed by atoms with E-state index in [1.807, 2.05) is 25.1 Å². The van der Waals surface area contributed by atoms with E-state index in [-0.39, 0.29) is 17.1 Å². The maximum Gasteiger partial charge on any atom is 0.387 e. The molecule has 29 heavy (non-hydrogen) atoms. The van der Waals surface area contributed by atoms with E-state index < -0.39 is 12.5 Å². The summed E-state index contributed by atoms with van der Waals surface area (Å²) in [4.78, 5) is 12.5. The molecule has 0 bridgehead atoms. The topological polar surface area (TPSA) is 65.4 Å². The summed E-state index contributed by atoms with van der Waals surface area (Å²) in [5, 5.41) is 7.70. The average Bonchev–Trinajstić information content (AvgIpc) is 3.02. The second-order valence-corrected chi connectivity index (χ2v) is 6.53. The average molecular weight is 422 g/mol. The fourth-order valence-corrected chi connectivity index (χ4v) is 2.91. The lowest BCUT2D eigenvalue weighted by atomic mass is 10.2. The van der Waals surface area contributed by atoms with Crippen molar-refractivity contribution in [2.45, 2.75) is 20.1 Å². The summed E-state index contributed by atoms with van der Waals surface area (Å²) in [6, 6.07) is 13.1. The zero-order valence-electron chi connectivity index (χ0n) is 15.7. The lowest BCUT2D eigenvalue weighted by Crippen LogP contribution is -2.13. The van der Waals surface area contributed by atoms with Crippen LogP contribution < -0.4 is 14.8 Å². The second-order valence-electron chi connectivity index (χ2n) is 6.12. The molecule has 1 N–H and O–H groups in total. The number of ether oxygens (including phenoxy) is 2. The van der Waals surface area contributed by atoms with Crippen LogP contribution in [-0.4, -0.2) is 29.4 Å². The highest BCUT2D eigenvalue weighted by atomic mass is 35.5. The predicted molar refractivity (Wildman–Crippen MR) is 105 cm³/mol. The fraction of sp³-hybridized carbons (Fsp3) is 0.200. The van der Waals surface area contributed by atoms with Crippen molar-refractivity contribution in [2.75, 3.05) is 12.4 Å². The zero-order chi connectivity index (χ0) is 21.0. The highest BCUT2D eigenvalue weighted by Gasteiger charge is 2.16. The van der Waals surface area contributed by atoms with Gasteiger partial charge >= 0.3 is 6.61 Å². The maximum atomic E-state index is 12.5. The van der Waals surface area contributed by atoms with Crippen LogP contribution in [0.1, 0.15) is 21.6 Å². The van der Waals surface area contributed by atoms with E-state index >= 15 is 0 Å². The summed E-state index contributed by atoms with van der Waals surface area (Å²) in [5.74, 6) is -0.238. The molecule has 9 heteroatoms. The van der Waals surface area contributed by atoms with Gasteiger partial charge in [0, 0.05) is 22.3 Å². The summed E-state index contributed by atoms with van der Waals surface area (Å²) >= 11 is 6.19. The number of rotatable bonds is 7. The number of halogens is 3. The van der Waals surface area contributed by atoms with E-state index in [1.165, 1.54) is 25.3 Å². The third kappa shape index (κ3) is 5.03. The van der Waals surface area contributed by atoms with Gasteiger partial charge in [-0.15, -0.1) is 0 Å². The summed E-state index contributed by atoms with van der Waals surface area (Å²) in [6.45, 7) is -0.679. The second kappa shape index (κ2) is 8.91. The number of alkyl halides is 2. The first-order valence-electron chi connectivity index (χ1n) is 8.59. The number of carbonyl (C=O) groups is 1. The van der Waals surface area contributed by atoms with Gasteiger partial charge in [0.1, 0.15) is 0 Å². The standard InChI is InChI=1S/C20H18ClF2N3O3/c1-12-9-18(25-26(12)11-14-5-3-4-6-15(14)21)24-19(27)13-7-8-16(29-20(22)23)17(10-13)28-2/h3-10,20H,11H2,1-2H3,(H,24,25,27). The molecule has 0 fully saturated rings. The largest absolute Gasteiger partial charge is 0.493 e. The molecule has 0 aliphatic rings. The molecule has 1 heterocycles. The predicted octanol–water partition coefficient (Wildman–Crippen LogP) is 4.76. The first-order chi connectivity index (χ1) is 13.9. The van der Waals surface area contributed by atoms with E-state index in [0.29, 0.717) is 17.4 Å². The van der Waals surface area contributed by atoms with Gasteiger partial charge in [-0.05, 0) is 36.8 Å². The Morgan fingerprint density at radius 3 is 2.66 bits per heavy atom. The molecule has 1 aromatic heterocycles. The van der Waals surface area contributed by atoms with Crippen molar-refractivity contribution < 1.29 is 23.0 Å². The van der Waals surface area contributed by atoms with Gasteiger partial charge in [-0.2, -0.15) is 13.9 Å². The van der Waals surface area contributed by atoms with Crippen molar-refractivity contribution in [1.29, 1.82) is 0 Å². The molecule has 0 atom stereocenters. The van der Waals surface area contributed by atoms with Crippen molar-refractivity contribution in [2.24, 2.45) is 0 Å². The summed E-state index contributed by atoms with van der Waals surface area (Å²) in [7, 11) is 1.30. The Kier molecular flexibility index (Phi) is 6.33. The summed E-state index contributed by atoms with van der Waals surface area (Å²) < 4.78 is 36.0. The number of nitrogens with zero attached hydrogens (tertiary/aromatic N) is 2. The maximum absolute atomic E-state index is 12.5. The molecular weight excluding hydrogens is 404 g/mol. The van der Waals surface area contributed by atoms with Crippen molar-refractivity contribution >= 4 is 23.3 Å². The minimum absolute atomic E-state index is 0.0263. The normalized spacial score (nSPS) is 10.8. The Bertz CT molecular complexity index is 1020. The third-order valence-electron chi connectivity index (χ3n) is 4.14. The summed E-state index contributed by atoms with van der Waals surface area (Å²) in [5.41, 5.74) is 1.94. The van der Waals surface area contributed by atoms with Crippen molar-refractivity contribution in [1.82, 2.24) is 9.78 Å². The monoisotopic (exact) mass is 421 g/mol. The van der Waals surface area contributed by atoms with Gasteiger partial charge in [-0.1, -0.05) is 29.8 Å². The van der Waals surface area contributed by atoms with Crippen molar-refractivity contribution in [3.05, 3.63) is 70.4 Å². The van der Waals surface area contributed by atoms with Crippen LogP contribution in [0.15, 0.2) is 48.5 Å². The molecule has 0 saturated heterocycles. The van der Waals surface area contributed by atoms with Crippen LogP contribution >= 0.6 is 11.6 Å². The first kappa shape index (κ1) is 20.6. The SMILES string of the molecule is COc1cc(C(=O)Nc2cc(C)n(Cc3ccccc3Cl)n2)ccc1OC(F)F. The minimum atomic E-state index is -2.99. The molecule has 0 saturated carbocycles. The molecule has 3 aromatic rings. The number of aryl methyl sites for hydroxylation is 1. The number of benzene rings is 2. The molecule has 0 aliphatic heterocycles. The Hall–Kier alpha value is -3.13. The quantitative estimate of drug-likeness (QED) is 0.597. The van der Waals surface area contributed by atoms with Crippen LogP contribution in [0.5, 0.6) is 11.5 Å². The lowest BCUT2D eigenvalue weighted by molar-refractivity contribution is -0.0512. The third-order valence-corrected chi connectivity index (χ3v) is 4.51. The molecule has 0 unspecified atom stereocenters. The van der Waals surface area contributed by atoms with Gasteiger partial charge in [0.05, 0.1) is 13.7 Å². The molecule has 1 amide bonds. The van der Waals surface area contributed by atoms with E-state index in [1.54, 1.807) is 16.8 Å². The number of nitrogens with one attached hydrogen (secondary N) is 1. The summed E-state index contributed by atoms with van der Waals surface area (Å²) in [6.07, 6.45) is 0. The van der Waals surface area contributed by atoms with E-state index in [0.717, 1.165) is 11.3 Å². The smallest absolute Gasteiger partial charge is 0.387 e. The molecule has 6 nitrogen and oxygen atoms in total. The van der Waals surface area contributed by atoms with Gasteiger partial charge in [-0.25, -0.2) is 0 Å². The minimum Gasteiger partial charge on any atom is -0.493 e. The van der Waals surface area contributed by atoms with E-state index in [4.69, 9.17) is 16.3 Å². The Balaban J connectivity index is 1.75. The molecule has 0 aliphatic carbocycles. The number of carbonyl (C=O) groups excluding carboxylic acids is 1. The van der Waals surface area contributed by atoms with Gasteiger partial charge in [0.2, 0.25) is 0 Å². The Morgan fingerprint density at radius 1 is 1.21 bits per heavy atom. The molecule has 152 valence electrons. The molecule has 0 radical (unpaired) electrons. The van der Waals surface area contributed by atoms with Gasteiger partial charge < -0.3 is 14.8 Å². The molecule has 0 spiro atoms. The number of hydrogen-bond acceptors (Lipinski definition) is 4. The van der Waals surface area contributed by atoms with Crippen LogP contribution in [0, 0.1) is 6.92 Å². The highest BCUT2D eigenvalue weighted by molar-refractivity contribution is 6.31. The Labute approximate surface area is 171 Å².